The van der Waals surface area contributed by atoms with Crippen LogP contribution in [0.3, 0.4) is 0 Å². The quantitative estimate of drug-likeness (QED) is 0.846. The molecule has 3 saturated carbocycles. The molecule has 0 aromatic heterocycles. The topological polar surface area (TPSA) is 41.5 Å². The van der Waals surface area contributed by atoms with E-state index in [4.69, 9.17) is 0 Å². The largest absolute Gasteiger partial charge is 0.361 e. The number of rotatable bonds is 2. The average molecular weight is 324 g/mol. The summed E-state index contributed by atoms with van der Waals surface area (Å²) < 4.78 is 14.2. The number of amides is 1. The highest BCUT2D eigenvalue weighted by Crippen LogP contribution is 2.54. The Morgan fingerprint density at radius 1 is 1.09 bits per heavy atom. The third-order valence-electron chi connectivity index (χ3n) is 6.21. The minimum absolute atomic E-state index is 0.00695. The molecule has 5 heteroatoms. The Hall–Kier alpha value is -0.580. The molecule has 0 aromatic rings. The van der Waals surface area contributed by atoms with Crippen LogP contribution in [0.5, 0.6) is 0 Å². The molecule has 7 atom stereocenters. The fourth-order valence-electron chi connectivity index (χ4n) is 5.27. The molecule has 3 bridgehead atoms. The van der Waals surface area contributed by atoms with Crippen molar-refractivity contribution in [3.05, 3.63) is 0 Å². The molecule has 0 radical (unpaired) electrons. The van der Waals surface area contributed by atoms with Gasteiger partial charge in [-0.3, -0.25) is 4.79 Å². The summed E-state index contributed by atoms with van der Waals surface area (Å²) in [4.78, 5) is 16.2. The van der Waals surface area contributed by atoms with Crippen LogP contribution < -0.4 is 5.32 Å². The molecule has 0 spiro atoms. The average Bonchev–Trinajstić information content (AvgIpc) is 2.92. The van der Waals surface area contributed by atoms with Crippen LogP contribution in [0, 0.1) is 29.6 Å². The smallest absolute Gasteiger partial charge is 0.261 e. The lowest BCUT2D eigenvalue weighted by Crippen LogP contribution is -2.46. The molecule has 122 valence electrons. The van der Waals surface area contributed by atoms with Crippen molar-refractivity contribution in [1.29, 1.82) is 0 Å². The summed E-state index contributed by atoms with van der Waals surface area (Å²) in [7, 11) is 0. The molecule has 1 heterocycles. The molecule has 3 fully saturated rings. The van der Waals surface area contributed by atoms with Gasteiger partial charge in [-0.25, -0.2) is 4.39 Å². The lowest BCUT2D eigenvalue weighted by Gasteiger charge is -2.37. The predicted octanol–water partition coefficient (Wildman–Crippen LogP) is 3.39. The third kappa shape index (κ3) is 2.49. The van der Waals surface area contributed by atoms with Crippen molar-refractivity contribution in [2.45, 2.75) is 63.4 Å². The summed E-state index contributed by atoms with van der Waals surface area (Å²) in [5, 5.41) is 4.30. The fraction of sp³-hybridized carbons (Fsp3) is 0.882. The first kappa shape index (κ1) is 15.0. The van der Waals surface area contributed by atoms with Crippen molar-refractivity contribution in [1.82, 2.24) is 5.32 Å². The lowest BCUT2D eigenvalue weighted by atomic mass is 9.75. The molecule has 0 saturated heterocycles. The maximum atomic E-state index is 14.2. The highest BCUT2D eigenvalue weighted by Gasteiger charge is 2.50. The van der Waals surface area contributed by atoms with Crippen LogP contribution in [-0.4, -0.2) is 28.5 Å². The molecule has 1 N–H and O–H groups in total. The number of hydrogen-bond donors (Lipinski definition) is 1. The molecule has 4 rings (SSSR count). The van der Waals surface area contributed by atoms with Gasteiger partial charge in [-0.2, -0.15) is 4.99 Å². The second-order valence-electron chi connectivity index (χ2n) is 8.02. The maximum Gasteiger partial charge on any atom is 0.261 e. The SMILES string of the molecule is CC(C)C1SC(N[C@@H]2C3CC(F)CC4CC2CC4C3)=NC1=O. The molecule has 6 unspecified atom stereocenters. The molecule has 3 nitrogen and oxygen atoms in total. The Balaban J connectivity index is 1.49. The van der Waals surface area contributed by atoms with Gasteiger partial charge in [-0.15, -0.1) is 0 Å². The first-order chi connectivity index (χ1) is 10.5. The zero-order chi connectivity index (χ0) is 15.4. The van der Waals surface area contributed by atoms with Gasteiger partial charge in [0.05, 0.1) is 5.25 Å². The molecule has 1 aliphatic heterocycles. The summed E-state index contributed by atoms with van der Waals surface area (Å²) in [5.74, 6) is 2.71. The third-order valence-corrected chi connectivity index (χ3v) is 7.64. The van der Waals surface area contributed by atoms with Crippen molar-refractivity contribution < 1.29 is 9.18 Å². The molecular weight excluding hydrogens is 299 g/mol. The summed E-state index contributed by atoms with van der Waals surface area (Å²) in [6.07, 6.45) is 4.42. The van der Waals surface area contributed by atoms with Gasteiger partial charge in [-0.1, -0.05) is 25.6 Å². The summed E-state index contributed by atoms with van der Waals surface area (Å²) in [6.45, 7) is 4.13. The first-order valence-electron chi connectivity index (χ1n) is 8.71. The Morgan fingerprint density at radius 3 is 2.32 bits per heavy atom. The Kier molecular flexibility index (Phi) is 3.74. The van der Waals surface area contributed by atoms with Crippen LogP contribution in [0.4, 0.5) is 4.39 Å². The van der Waals surface area contributed by atoms with Gasteiger partial charge in [0.1, 0.15) is 6.17 Å². The van der Waals surface area contributed by atoms with Crippen LogP contribution in [0.2, 0.25) is 0 Å². The number of nitrogens with zero attached hydrogens (tertiary/aromatic N) is 1. The fourth-order valence-corrected chi connectivity index (χ4v) is 6.29. The van der Waals surface area contributed by atoms with Crippen molar-refractivity contribution in [3.8, 4) is 0 Å². The van der Waals surface area contributed by atoms with Gasteiger partial charge in [0.15, 0.2) is 5.17 Å². The number of nitrogens with one attached hydrogen (secondary N) is 1. The van der Waals surface area contributed by atoms with Crippen LogP contribution in [0.1, 0.15) is 46.0 Å². The van der Waals surface area contributed by atoms with E-state index in [0.29, 0.717) is 36.1 Å². The summed E-state index contributed by atoms with van der Waals surface area (Å²) in [5.41, 5.74) is 0. The van der Waals surface area contributed by atoms with E-state index < -0.39 is 6.17 Å². The Bertz CT molecular complexity index is 509. The van der Waals surface area contributed by atoms with E-state index >= 15 is 0 Å². The van der Waals surface area contributed by atoms with E-state index in [0.717, 1.165) is 17.5 Å². The number of aliphatic imine (C=N–C) groups is 1. The molecular formula is C17H25FN2OS. The highest BCUT2D eigenvalue weighted by atomic mass is 32.2. The molecule has 0 aromatic carbocycles. The van der Waals surface area contributed by atoms with Gasteiger partial charge in [0, 0.05) is 6.04 Å². The van der Waals surface area contributed by atoms with Gasteiger partial charge in [0.25, 0.3) is 5.91 Å². The number of hydrogen-bond acceptors (Lipinski definition) is 3. The molecule has 4 aliphatic rings. The van der Waals surface area contributed by atoms with Crippen molar-refractivity contribution in [2.24, 2.45) is 34.6 Å². The van der Waals surface area contributed by atoms with Crippen LogP contribution in [-0.2, 0) is 4.79 Å². The number of halogens is 1. The normalized spacial score (nSPS) is 47.0. The number of carbonyl (C=O) groups excluding carboxylic acids is 1. The zero-order valence-corrected chi connectivity index (χ0v) is 14.1. The van der Waals surface area contributed by atoms with Gasteiger partial charge in [0.2, 0.25) is 0 Å². The lowest BCUT2D eigenvalue weighted by molar-refractivity contribution is -0.117. The van der Waals surface area contributed by atoms with Crippen molar-refractivity contribution in [3.63, 3.8) is 0 Å². The van der Waals surface area contributed by atoms with E-state index in [-0.39, 0.29) is 11.2 Å². The molecule has 3 aliphatic carbocycles. The predicted molar refractivity (Wildman–Crippen MR) is 87.5 cm³/mol. The number of alkyl halides is 1. The van der Waals surface area contributed by atoms with E-state index in [1.54, 1.807) is 11.8 Å². The van der Waals surface area contributed by atoms with Gasteiger partial charge >= 0.3 is 0 Å². The standard InChI is InChI=1S/C17H25FN2OS/c1-8(2)15-16(21)20-17(22-15)19-14-11-3-9-4-12(14)7-13(18)6-10(9)5-11/h8-15H,3-7H2,1-2H3,(H,19,20,21)/t9?,10?,11?,12?,13?,14-,15?/m0/s1. The number of carbonyl (C=O) groups is 1. The minimum Gasteiger partial charge on any atom is -0.361 e. The maximum absolute atomic E-state index is 14.2. The van der Waals surface area contributed by atoms with Gasteiger partial charge < -0.3 is 5.32 Å². The van der Waals surface area contributed by atoms with Crippen molar-refractivity contribution in [2.75, 3.05) is 0 Å². The Labute approximate surface area is 135 Å². The highest BCUT2D eigenvalue weighted by molar-refractivity contribution is 8.15. The van der Waals surface area contributed by atoms with E-state index in [1.807, 2.05) is 0 Å². The zero-order valence-electron chi connectivity index (χ0n) is 13.3. The second-order valence-corrected chi connectivity index (χ2v) is 9.15. The number of amidine groups is 1. The van der Waals surface area contributed by atoms with E-state index in [1.165, 1.54) is 19.3 Å². The first-order valence-corrected chi connectivity index (χ1v) is 9.59. The summed E-state index contributed by atoms with van der Waals surface area (Å²) in [6, 6.07) is 0.324. The van der Waals surface area contributed by atoms with Gasteiger partial charge in [-0.05, 0) is 61.7 Å². The summed E-state index contributed by atoms with van der Waals surface area (Å²) >= 11 is 1.57. The van der Waals surface area contributed by atoms with Crippen LogP contribution in [0.15, 0.2) is 4.99 Å². The Morgan fingerprint density at radius 2 is 1.68 bits per heavy atom. The van der Waals surface area contributed by atoms with Crippen LogP contribution in [0.25, 0.3) is 0 Å². The van der Waals surface area contributed by atoms with Crippen molar-refractivity contribution >= 4 is 22.8 Å². The van der Waals surface area contributed by atoms with E-state index in [2.05, 4.69) is 24.2 Å². The number of fused-ring (bicyclic) bond motifs is 2. The molecule has 1 amide bonds. The molecule has 22 heavy (non-hydrogen) atoms. The number of thioether (sulfide) groups is 1. The van der Waals surface area contributed by atoms with Crippen LogP contribution >= 0.6 is 11.8 Å². The van der Waals surface area contributed by atoms with E-state index in [9.17, 15) is 9.18 Å². The minimum atomic E-state index is -0.633. The second kappa shape index (κ2) is 5.50. The monoisotopic (exact) mass is 324 g/mol.